The molecule has 0 saturated carbocycles. The minimum absolute atomic E-state index is 0.0931. The van der Waals surface area contributed by atoms with Crippen molar-refractivity contribution in [1.29, 1.82) is 0 Å². The molecule has 7 nitrogen and oxygen atoms in total. The van der Waals surface area contributed by atoms with Crippen molar-refractivity contribution < 1.29 is 13.2 Å². The van der Waals surface area contributed by atoms with Crippen molar-refractivity contribution >= 4 is 40.3 Å². The lowest BCUT2D eigenvalue weighted by Gasteiger charge is -2.26. The molecule has 2 aromatic heterocycles. The SMILES string of the molecule is CC(C)(C)Nc1ncc2nc(Nc3ccc(Cl)c(C(F)(F)F)c3)n(C3CCNCC3)c2n1. The lowest BCUT2D eigenvalue weighted by Crippen LogP contribution is -2.30. The Hall–Kier alpha value is -2.59. The molecule has 32 heavy (non-hydrogen) atoms. The van der Waals surface area contributed by atoms with Crippen LogP contribution in [0.5, 0.6) is 0 Å². The van der Waals surface area contributed by atoms with Gasteiger partial charge >= 0.3 is 6.18 Å². The Balaban J connectivity index is 1.78. The van der Waals surface area contributed by atoms with E-state index in [0.29, 0.717) is 23.1 Å². The Morgan fingerprint density at radius 2 is 1.84 bits per heavy atom. The number of piperidine rings is 1. The van der Waals surface area contributed by atoms with Crippen LogP contribution < -0.4 is 16.0 Å². The molecule has 0 atom stereocenters. The van der Waals surface area contributed by atoms with Crippen molar-refractivity contribution in [1.82, 2.24) is 24.8 Å². The van der Waals surface area contributed by atoms with Crippen LogP contribution >= 0.6 is 11.6 Å². The minimum atomic E-state index is -4.55. The number of aromatic nitrogens is 4. The summed E-state index contributed by atoms with van der Waals surface area (Å²) < 4.78 is 41.9. The lowest BCUT2D eigenvalue weighted by atomic mass is 10.1. The van der Waals surface area contributed by atoms with Gasteiger partial charge in [-0.05, 0) is 64.9 Å². The molecule has 11 heteroatoms. The summed E-state index contributed by atoms with van der Waals surface area (Å²) in [6.07, 6.45) is -1.23. The van der Waals surface area contributed by atoms with Gasteiger partial charge in [0.1, 0.15) is 5.52 Å². The molecule has 0 amide bonds. The van der Waals surface area contributed by atoms with Crippen LogP contribution in [0.4, 0.5) is 30.8 Å². The highest BCUT2D eigenvalue weighted by molar-refractivity contribution is 6.31. The third-order valence-corrected chi connectivity index (χ3v) is 5.45. The van der Waals surface area contributed by atoms with Gasteiger partial charge in [0.25, 0.3) is 0 Å². The van der Waals surface area contributed by atoms with Gasteiger partial charge in [-0.25, -0.2) is 9.97 Å². The van der Waals surface area contributed by atoms with Gasteiger partial charge in [0.05, 0.1) is 16.8 Å². The first kappa shape index (κ1) is 22.6. The van der Waals surface area contributed by atoms with Gasteiger partial charge in [0.2, 0.25) is 11.9 Å². The number of nitrogens with one attached hydrogen (secondary N) is 3. The molecular weight excluding hydrogens is 443 g/mol. The summed E-state index contributed by atoms with van der Waals surface area (Å²) >= 11 is 5.77. The van der Waals surface area contributed by atoms with Crippen LogP contribution in [0.25, 0.3) is 11.2 Å². The van der Waals surface area contributed by atoms with Crippen molar-refractivity contribution in [2.24, 2.45) is 0 Å². The molecule has 1 saturated heterocycles. The van der Waals surface area contributed by atoms with Crippen LogP contribution in [0.1, 0.15) is 45.2 Å². The fourth-order valence-electron chi connectivity index (χ4n) is 3.73. The summed E-state index contributed by atoms with van der Waals surface area (Å²) in [5, 5.41) is 9.29. The van der Waals surface area contributed by atoms with E-state index in [1.54, 1.807) is 6.20 Å². The van der Waals surface area contributed by atoms with Gasteiger partial charge in [-0.1, -0.05) is 11.6 Å². The van der Waals surface area contributed by atoms with Crippen LogP contribution in [0.3, 0.4) is 0 Å². The number of alkyl halides is 3. The van der Waals surface area contributed by atoms with Gasteiger partial charge < -0.3 is 16.0 Å². The Morgan fingerprint density at radius 1 is 1.12 bits per heavy atom. The second-order valence-corrected chi connectivity index (χ2v) is 9.29. The van der Waals surface area contributed by atoms with E-state index < -0.39 is 11.7 Å². The first-order valence-corrected chi connectivity index (χ1v) is 10.8. The van der Waals surface area contributed by atoms with Crippen LogP contribution in [0, 0.1) is 0 Å². The predicted octanol–water partition coefficient (Wildman–Crippen LogP) is 5.38. The number of rotatable bonds is 4. The van der Waals surface area contributed by atoms with E-state index in [4.69, 9.17) is 11.6 Å². The molecule has 4 rings (SSSR count). The number of halogens is 4. The van der Waals surface area contributed by atoms with E-state index in [9.17, 15) is 13.2 Å². The fraction of sp³-hybridized carbons (Fsp3) is 0.476. The maximum absolute atomic E-state index is 13.3. The van der Waals surface area contributed by atoms with E-state index in [2.05, 4.69) is 30.9 Å². The molecule has 0 aliphatic carbocycles. The second kappa shape index (κ2) is 8.40. The molecule has 1 aliphatic heterocycles. The van der Waals surface area contributed by atoms with Gasteiger partial charge in [0.15, 0.2) is 5.65 Å². The number of imidazole rings is 1. The number of nitrogens with zero attached hydrogens (tertiary/aromatic N) is 4. The highest BCUT2D eigenvalue weighted by atomic mass is 35.5. The van der Waals surface area contributed by atoms with Crippen molar-refractivity contribution in [2.45, 2.75) is 51.4 Å². The Labute approximate surface area is 188 Å². The average molecular weight is 468 g/mol. The molecule has 0 radical (unpaired) electrons. The van der Waals surface area contributed by atoms with E-state index >= 15 is 0 Å². The standard InChI is InChI=1S/C21H25ClF3N7/c1-20(2,3)31-18-27-11-16-17(30-18)32(13-6-8-26-9-7-13)19(29-16)28-12-4-5-15(22)14(10-12)21(23,24)25/h4-5,10-11,13,26H,6-9H2,1-3H3,(H,28,29)(H,27,30,31). The minimum Gasteiger partial charge on any atom is -0.350 e. The van der Waals surface area contributed by atoms with Gasteiger partial charge in [-0.3, -0.25) is 4.57 Å². The Kier molecular flexibility index (Phi) is 5.93. The maximum Gasteiger partial charge on any atom is 0.417 e. The highest BCUT2D eigenvalue weighted by Gasteiger charge is 2.33. The zero-order chi connectivity index (χ0) is 23.1. The quantitative estimate of drug-likeness (QED) is 0.478. The Bertz CT molecular complexity index is 1120. The second-order valence-electron chi connectivity index (χ2n) is 8.88. The van der Waals surface area contributed by atoms with E-state index in [-0.39, 0.29) is 22.3 Å². The summed E-state index contributed by atoms with van der Waals surface area (Å²) in [6, 6.07) is 3.82. The lowest BCUT2D eigenvalue weighted by molar-refractivity contribution is -0.137. The summed E-state index contributed by atoms with van der Waals surface area (Å²) in [4.78, 5) is 13.6. The Morgan fingerprint density at radius 3 is 2.50 bits per heavy atom. The van der Waals surface area contributed by atoms with E-state index in [1.807, 2.05) is 25.3 Å². The molecule has 1 aliphatic rings. The zero-order valence-electron chi connectivity index (χ0n) is 18.0. The molecule has 3 aromatic rings. The number of hydrogen-bond acceptors (Lipinski definition) is 6. The van der Waals surface area contributed by atoms with Crippen LogP contribution in [0.15, 0.2) is 24.4 Å². The summed E-state index contributed by atoms with van der Waals surface area (Å²) in [7, 11) is 0. The first-order valence-electron chi connectivity index (χ1n) is 10.4. The van der Waals surface area contributed by atoms with Crippen molar-refractivity contribution in [2.75, 3.05) is 23.7 Å². The summed E-state index contributed by atoms with van der Waals surface area (Å²) in [6.45, 7) is 7.70. The third-order valence-electron chi connectivity index (χ3n) is 5.12. The molecule has 0 unspecified atom stereocenters. The topological polar surface area (TPSA) is 79.7 Å². The maximum atomic E-state index is 13.3. The zero-order valence-corrected chi connectivity index (χ0v) is 18.8. The fourth-order valence-corrected chi connectivity index (χ4v) is 3.96. The van der Waals surface area contributed by atoms with Crippen molar-refractivity contribution in [3.8, 4) is 0 Å². The summed E-state index contributed by atoms with van der Waals surface area (Å²) in [5.41, 5.74) is 0.311. The third kappa shape index (κ3) is 4.91. The smallest absolute Gasteiger partial charge is 0.350 e. The molecular formula is C21H25ClF3N7. The molecule has 172 valence electrons. The normalized spacial score (nSPS) is 15.8. The van der Waals surface area contributed by atoms with Crippen LogP contribution in [-0.2, 0) is 6.18 Å². The number of hydrogen-bond donors (Lipinski definition) is 3. The monoisotopic (exact) mass is 467 g/mol. The van der Waals surface area contributed by atoms with E-state index in [0.717, 1.165) is 32.0 Å². The molecule has 3 N–H and O–H groups in total. The number of anilines is 3. The number of fused-ring (bicyclic) bond motifs is 1. The number of benzene rings is 1. The molecule has 0 spiro atoms. The summed E-state index contributed by atoms with van der Waals surface area (Å²) in [5.74, 6) is 0.891. The van der Waals surface area contributed by atoms with Crippen LogP contribution in [0.2, 0.25) is 5.02 Å². The predicted molar refractivity (Wildman–Crippen MR) is 120 cm³/mol. The highest BCUT2D eigenvalue weighted by Crippen LogP contribution is 2.37. The molecule has 1 fully saturated rings. The molecule has 1 aromatic carbocycles. The van der Waals surface area contributed by atoms with Crippen molar-refractivity contribution in [3.63, 3.8) is 0 Å². The molecule has 3 heterocycles. The van der Waals surface area contributed by atoms with E-state index in [1.165, 1.54) is 12.1 Å². The van der Waals surface area contributed by atoms with Crippen LogP contribution in [-0.4, -0.2) is 38.1 Å². The van der Waals surface area contributed by atoms with Gasteiger partial charge in [-0.2, -0.15) is 18.2 Å². The largest absolute Gasteiger partial charge is 0.417 e. The van der Waals surface area contributed by atoms with Crippen molar-refractivity contribution in [3.05, 3.63) is 35.0 Å². The molecule has 0 bridgehead atoms. The van der Waals surface area contributed by atoms with Gasteiger partial charge in [-0.15, -0.1) is 0 Å². The first-order chi connectivity index (χ1) is 15.0. The average Bonchev–Trinajstić information content (AvgIpc) is 3.05. The van der Waals surface area contributed by atoms with Gasteiger partial charge in [0, 0.05) is 17.3 Å².